The Morgan fingerprint density at radius 3 is 2.79 bits per heavy atom. The van der Waals surface area contributed by atoms with Crippen molar-refractivity contribution in [3.05, 3.63) is 64.6 Å². The summed E-state index contributed by atoms with van der Waals surface area (Å²) in [7, 11) is 0. The van der Waals surface area contributed by atoms with Crippen molar-refractivity contribution in [3.63, 3.8) is 0 Å². The van der Waals surface area contributed by atoms with E-state index in [9.17, 15) is 9.18 Å². The number of amides is 1. The van der Waals surface area contributed by atoms with Gasteiger partial charge in [0.15, 0.2) is 0 Å². The fourth-order valence-electron chi connectivity index (χ4n) is 3.26. The number of hydrogen-bond acceptors (Lipinski definition) is 4. The van der Waals surface area contributed by atoms with E-state index >= 15 is 0 Å². The van der Waals surface area contributed by atoms with E-state index in [0.717, 1.165) is 22.8 Å². The molecule has 0 bridgehead atoms. The summed E-state index contributed by atoms with van der Waals surface area (Å²) in [4.78, 5) is 19.4. The smallest absolute Gasteiger partial charge is 0.257 e. The lowest BCUT2D eigenvalue weighted by Crippen LogP contribution is -2.38. The molecule has 0 atom stereocenters. The van der Waals surface area contributed by atoms with Crippen molar-refractivity contribution in [2.45, 2.75) is 6.92 Å². The Balaban J connectivity index is 1.85. The number of nitrogens with zero attached hydrogens (tertiary/aromatic N) is 2. The number of nitrogens with one attached hydrogen (secondary N) is 1. The van der Waals surface area contributed by atoms with Gasteiger partial charge in [-0.1, -0.05) is 17.7 Å². The molecule has 0 spiro atoms. The first kappa shape index (κ1) is 19.0. The Bertz CT molecular complexity index is 1050. The number of pyridine rings is 1. The molecule has 2 heterocycles. The molecule has 1 N–H and O–H groups in total. The van der Waals surface area contributed by atoms with Crippen LogP contribution in [-0.4, -0.2) is 40.4 Å². The highest BCUT2D eigenvalue weighted by molar-refractivity contribution is 7.99. The van der Waals surface area contributed by atoms with Crippen LogP contribution in [0.5, 0.6) is 0 Å². The van der Waals surface area contributed by atoms with Gasteiger partial charge < -0.3 is 10.2 Å². The summed E-state index contributed by atoms with van der Waals surface area (Å²) in [6, 6.07) is 9.91. The van der Waals surface area contributed by atoms with Gasteiger partial charge in [-0.3, -0.25) is 9.78 Å². The number of thioether (sulfide) groups is 1. The molecule has 4 rings (SSSR count). The minimum absolute atomic E-state index is 0.0962. The molecule has 0 radical (unpaired) electrons. The molecule has 0 saturated carbocycles. The number of carbonyl (C=O) groups is 1. The number of hydrogen-bond donors (Lipinski definition) is 1. The van der Waals surface area contributed by atoms with Gasteiger partial charge in [-0.2, -0.15) is 11.8 Å². The van der Waals surface area contributed by atoms with Crippen LogP contribution in [0.15, 0.2) is 42.6 Å². The fraction of sp³-hybridized carbons (Fsp3) is 0.238. The molecular weight excluding hydrogens is 397 g/mol. The number of anilines is 2. The van der Waals surface area contributed by atoms with Gasteiger partial charge in [-0.05, 0) is 42.8 Å². The summed E-state index contributed by atoms with van der Waals surface area (Å²) in [6.45, 7) is 3.34. The summed E-state index contributed by atoms with van der Waals surface area (Å²) in [5.74, 6) is 1.36. The van der Waals surface area contributed by atoms with Crippen molar-refractivity contribution < 1.29 is 9.18 Å². The summed E-state index contributed by atoms with van der Waals surface area (Å²) >= 11 is 8.00. The number of aromatic nitrogens is 1. The Morgan fingerprint density at radius 2 is 2.00 bits per heavy atom. The monoisotopic (exact) mass is 415 g/mol. The third-order valence-corrected chi connectivity index (χ3v) is 6.00. The number of fused-ring (bicyclic) bond motifs is 1. The van der Waals surface area contributed by atoms with Gasteiger partial charge in [0.1, 0.15) is 5.82 Å². The van der Waals surface area contributed by atoms with Crippen molar-refractivity contribution in [1.82, 2.24) is 9.88 Å². The molecule has 144 valence electrons. The van der Waals surface area contributed by atoms with Crippen molar-refractivity contribution in [2.24, 2.45) is 0 Å². The molecule has 1 aromatic heterocycles. The van der Waals surface area contributed by atoms with Gasteiger partial charge in [-0.15, -0.1) is 0 Å². The first-order valence-electron chi connectivity index (χ1n) is 9.01. The minimum atomic E-state index is -0.376. The Kier molecular flexibility index (Phi) is 5.42. The molecule has 1 aliphatic rings. The summed E-state index contributed by atoms with van der Waals surface area (Å²) in [5.41, 5.74) is 3.35. The second kappa shape index (κ2) is 7.97. The van der Waals surface area contributed by atoms with Gasteiger partial charge in [0.05, 0.1) is 16.8 Å². The molecule has 3 aromatic rings. The van der Waals surface area contributed by atoms with Crippen LogP contribution in [0.4, 0.5) is 15.8 Å². The van der Waals surface area contributed by atoms with Gasteiger partial charge in [0.25, 0.3) is 5.91 Å². The van der Waals surface area contributed by atoms with Crippen molar-refractivity contribution in [1.29, 1.82) is 0 Å². The molecule has 0 unspecified atom stereocenters. The predicted octanol–water partition coefficient (Wildman–Crippen LogP) is 5.27. The minimum Gasteiger partial charge on any atom is -0.354 e. The van der Waals surface area contributed by atoms with E-state index in [2.05, 4.69) is 10.3 Å². The largest absolute Gasteiger partial charge is 0.354 e. The summed E-state index contributed by atoms with van der Waals surface area (Å²) in [5, 5.41) is 4.48. The average Bonchev–Trinajstić information content (AvgIpc) is 2.71. The predicted molar refractivity (Wildman–Crippen MR) is 114 cm³/mol. The molecule has 1 saturated heterocycles. The van der Waals surface area contributed by atoms with Crippen LogP contribution in [0, 0.1) is 12.7 Å². The highest BCUT2D eigenvalue weighted by Crippen LogP contribution is 2.33. The van der Waals surface area contributed by atoms with E-state index in [1.807, 2.05) is 35.7 Å². The SMILES string of the molecule is Cc1ccc(Cl)cc1Nc1c(C(=O)N2CCSCC2)cnc2ccc(F)cc12. The van der Waals surface area contributed by atoms with E-state index in [4.69, 9.17) is 11.6 Å². The van der Waals surface area contributed by atoms with Crippen LogP contribution in [-0.2, 0) is 0 Å². The Morgan fingerprint density at radius 1 is 1.21 bits per heavy atom. The number of carbonyl (C=O) groups excluding carboxylic acids is 1. The zero-order valence-corrected chi connectivity index (χ0v) is 16.9. The highest BCUT2D eigenvalue weighted by atomic mass is 35.5. The zero-order valence-electron chi connectivity index (χ0n) is 15.3. The Hall–Kier alpha value is -2.31. The Labute approximate surface area is 172 Å². The quantitative estimate of drug-likeness (QED) is 0.633. The van der Waals surface area contributed by atoms with E-state index in [-0.39, 0.29) is 11.7 Å². The van der Waals surface area contributed by atoms with Crippen molar-refractivity contribution in [3.8, 4) is 0 Å². The van der Waals surface area contributed by atoms with Crippen LogP contribution in [0.1, 0.15) is 15.9 Å². The van der Waals surface area contributed by atoms with Crippen LogP contribution in [0.3, 0.4) is 0 Å². The van der Waals surface area contributed by atoms with Crippen molar-refractivity contribution in [2.75, 3.05) is 29.9 Å². The molecule has 0 aliphatic carbocycles. The molecule has 4 nitrogen and oxygen atoms in total. The normalized spacial score (nSPS) is 14.3. The molecule has 2 aromatic carbocycles. The van der Waals surface area contributed by atoms with Gasteiger partial charge in [-0.25, -0.2) is 4.39 Å². The third kappa shape index (κ3) is 3.80. The molecular formula is C21H19ClFN3OS. The molecule has 28 heavy (non-hydrogen) atoms. The molecule has 1 amide bonds. The maximum Gasteiger partial charge on any atom is 0.257 e. The third-order valence-electron chi connectivity index (χ3n) is 4.82. The zero-order chi connectivity index (χ0) is 19.7. The maximum absolute atomic E-state index is 14.0. The number of halogens is 2. The van der Waals surface area contributed by atoms with Crippen LogP contribution in [0.2, 0.25) is 5.02 Å². The fourth-order valence-corrected chi connectivity index (χ4v) is 4.34. The number of aryl methyl sites for hydroxylation is 1. The maximum atomic E-state index is 14.0. The number of benzene rings is 2. The van der Waals surface area contributed by atoms with Gasteiger partial charge >= 0.3 is 0 Å². The van der Waals surface area contributed by atoms with E-state index in [0.29, 0.717) is 40.3 Å². The lowest BCUT2D eigenvalue weighted by atomic mass is 10.1. The first-order valence-corrected chi connectivity index (χ1v) is 10.5. The van der Waals surface area contributed by atoms with Crippen molar-refractivity contribution >= 4 is 51.5 Å². The van der Waals surface area contributed by atoms with E-state index in [1.54, 1.807) is 18.3 Å². The van der Waals surface area contributed by atoms with Crippen LogP contribution in [0.25, 0.3) is 10.9 Å². The lowest BCUT2D eigenvalue weighted by molar-refractivity contribution is 0.0773. The highest BCUT2D eigenvalue weighted by Gasteiger charge is 2.23. The van der Waals surface area contributed by atoms with Gasteiger partial charge in [0.2, 0.25) is 0 Å². The summed E-state index contributed by atoms with van der Waals surface area (Å²) in [6.07, 6.45) is 1.58. The first-order chi connectivity index (χ1) is 13.5. The molecule has 1 aliphatic heterocycles. The second-order valence-electron chi connectivity index (χ2n) is 6.70. The average molecular weight is 416 g/mol. The summed E-state index contributed by atoms with van der Waals surface area (Å²) < 4.78 is 14.0. The van der Waals surface area contributed by atoms with E-state index in [1.165, 1.54) is 12.1 Å². The van der Waals surface area contributed by atoms with Crippen LogP contribution < -0.4 is 5.32 Å². The second-order valence-corrected chi connectivity index (χ2v) is 8.36. The van der Waals surface area contributed by atoms with E-state index < -0.39 is 0 Å². The van der Waals surface area contributed by atoms with Gasteiger partial charge in [0, 0.05) is 46.9 Å². The number of rotatable bonds is 3. The molecule has 1 fully saturated rings. The lowest BCUT2D eigenvalue weighted by Gasteiger charge is -2.27. The topological polar surface area (TPSA) is 45.2 Å². The van der Waals surface area contributed by atoms with Crippen LogP contribution >= 0.6 is 23.4 Å². The molecule has 7 heteroatoms. The standard InChI is InChI=1S/C21H19ClFN3OS/c1-13-2-3-14(22)10-19(13)25-20-16-11-15(23)4-5-18(16)24-12-17(20)21(27)26-6-8-28-9-7-26/h2-5,10-12H,6-9H2,1H3,(H,24,25).